The van der Waals surface area contributed by atoms with Crippen LogP contribution in [0.2, 0.25) is 0 Å². The molecule has 0 saturated heterocycles. The standard InChI is InChI=1S/C34H42F3N3O4/c1-31(2,3)25-14-17-33(18-15-25)39-29(24-6-5-7-26(20-24)34(35,36)37)32(4,44)40(33)28(21-8-9-21)22-10-12-23(13-11-22)30(43)38-19-16-27(41)42/h5-7,10-13,20-21,25,28,44H,8-9,14-19H2,1-4H3,(H,38,43)(H,41,42). The van der Waals surface area contributed by atoms with Crippen LogP contribution < -0.4 is 5.32 Å². The van der Waals surface area contributed by atoms with E-state index in [1.165, 1.54) is 6.07 Å². The minimum atomic E-state index is -4.53. The first-order valence-electron chi connectivity index (χ1n) is 15.4. The molecule has 1 heterocycles. The molecular formula is C34H42F3N3O4. The Labute approximate surface area is 256 Å². The number of hydrogen-bond acceptors (Lipinski definition) is 5. The number of alkyl halides is 3. The Bertz CT molecular complexity index is 1420. The van der Waals surface area contributed by atoms with Crippen LogP contribution in [0.15, 0.2) is 53.5 Å². The van der Waals surface area contributed by atoms with Gasteiger partial charge in [-0.05, 0) is 92.5 Å². The zero-order valence-electron chi connectivity index (χ0n) is 25.7. The first-order chi connectivity index (χ1) is 20.5. The number of aliphatic carboxylic acids is 1. The third-order valence-electron chi connectivity index (χ3n) is 9.65. The summed E-state index contributed by atoms with van der Waals surface area (Å²) in [5.41, 5.74) is -1.35. The average molecular weight is 614 g/mol. The minimum Gasteiger partial charge on any atom is -0.481 e. The molecule has 1 aliphatic heterocycles. The average Bonchev–Trinajstić information content (AvgIpc) is 3.76. The lowest BCUT2D eigenvalue weighted by Gasteiger charge is -2.51. The largest absolute Gasteiger partial charge is 0.481 e. The molecule has 2 aromatic rings. The second kappa shape index (κ2) is 11.6. The summed E-state index contributed by atoms with van der Waals surface area (Å²) in [5, 5.41) is 23.9. The number of benzene rings is 2. The molecule has 7 nitrogen and oxygen atoms in total. The molecule has 1 spiro atoms. The van der Waals surface area contributed by atoms with Crippen LogP contribution in [-0.4, -0.2) is 50.6 Å². The number of carbonyl (C=O) groups is 2. The van der Waals surface area contributed by atoms with Crippen molar-refractivity contribution in [2.75, 3.05) is 6.54 Å². The van der Waals surface area contributed by atoms with Crippen molar-refractivity contribution in [1.82, 2.24) is 10.2 Å². The SMILES string of the molecule is CC(C)(C)C1CCC2(CC1)N=C(c1cccc(C(F)(F)F)c1)C(C)(O)N2C(c1ccc(C(=O)NCCC(=O)O)cc1)C1CC1. The molecule has 2 fully saturated rings. The van der Waals surface area contributed by atoms with E-state index in [-0.39, 0.29) is 47.5 Å². The van der Waals surface area contributed by atoms with Crippen LogP contribution >= 0.6 is 0 Å². The Morgan fingerprint density at radius 2 is 1.68 bits per heavy atom. The van der Waals surface area contributed by atoms with Gasteiger partial charge < -0.3 is 15.5 Å². The van der Waals surface area contributed by atoms with E-state index in [9.17, 15) is 27.9 Å². The maximum absolute atomic E-state index is 13.7. The Morgan fingerprint density at radius 3 is 2.23 bits per heavy atom. The molecule has 10 heteroatoms. The number of aliphatic hydroxyl groups is 1. The van der Waals surface area contributed by atoms with Gasteiger partial charge in [0, 0.05) is 23.7 Å². The number of hydrogen-bond donors (Lipinski definition) is 3. The number of amides is 1. The van der Waals surface area contributed by atoms with Crippen LogP contribution in [0.3, 0.4) is 0 Å². The van der Waals surface area contributed by atoms with Gasteiger partial charge in [0.05, 0.1) is 17.7 Å². The number of carboxylic acid groups (broad SMARTS) is 1. The van der Waals surface area contributed by atoms with Crippen molar-refractivity contribution in [2.24, 2.45) is 22.2 Å². The summed E-state index contributed by atoms with van der Waals surface area (Å²) >= 11 is 0. The molecule has 3 aliphatic rings. The van der Waals surface area contributed by atoms with Crippen LogP contribution in [0.25, 0.3) is 0 Å². The highest BCUT2D eigenvalue weighted by Crippen LogP contribution is 2.57. The van der Waals surface area contributed by atoms with Crippen LogP contribution in [0.1, 0.15) is 106 Å². The molecule has 2 aromatic carbocycles. The van der Waals surface area contributed by atoms with E-state index in [1.807, 2.05) is 12.1 Å². The number of nitrogens with one attached hydrogen (secondary N) is 1. The summed E-state index contributed by atoms with van der Waals surface area (Å²) in [6, 6.07) is 11.9. The minimum absolute atomic E-state index is 0.0188. The van der Waals surface area contributed by atoms with Gasteiger partial charge in [-0.25, -0.2) is 4.90 Å². The lowest BCUT2D eigenvalue weighted by molar-refractivity contribution is -0.138. The molecule has 2 aliphatic carbocycles. The molecule has 0 bridgehead atoms. The molecule has 5 rings (SSSR count). The Hall–Kier alpha value is -3.24. The third kappa shape index (κ3) is 6.42. The zero-order chi connectivity index (χ0) is 32.1. The van der Waals surface area contributed by atoms with E-state index in [1.54, 1.807) is 25.1 Å². The van der Waals surface area contributed by atoms with Gasteiger partial charge in [0.2, 0.25) is 0 Å². The van der Waals surface area contributed by atoms with E-state index >= 15 is 0 Å². The highest BCUT2D eigenvalue weighted by molar-refractivity contribution is 6.07. The second-order valence-corrected chi connectivity index (χ2v) is 13.9. The van der Waals surface area contributed by atoms with Crippen molar-refractivity contribution >= 4 is 17.6 Å². The van der Waals surface area contributed by atoms with Gasteiger partial charge >= 0.3 is 12.1 Å². The van der Waals surface area contributed by atoms with Gasteiger partial charge in [-0.2, -0.15) is 13.2 Å². The second-order valence-electron chi connectivity index (χ2n) is 13.9. The zero-order valence-corrected chi connectivity index (χ0v) is 25.7. The molecule has 2 unspecified atom stereocenters. The normalized spacial score (nSPS) is 26.8. The smallest absolute Gasteiger partial charge is 0.416 e. The van der Waals surface area contributed by atoms with Gasteiger partial charge in [-0.1, -0.05) is 45.0 Å². The quantitative estimate of drug-likeness (QED) is 0.304. The summed E-state index contributed by atoms with van der Waals surface area (Å²) in [6.07, 6.45) is 0.264. The Morgan fingerprint density at radius 1 is 1.05 bits per heavy atom. The number of halogens is 3. The van der Waals surface area contributed by atoms with Gasteiger partial charge in [0.25, 0.3) is 5.91 Å². The van der Waals surface area contributed by atoms with Crippen molar-refractivity contribution in [1.29, 1.82) is 0 Å². The van der Waals surface area contributed by atoms with Crippen molar-refractivity contribution in [3.05, 3.63) is 70.8 Å². The number of nitrogens with zero attached hydrogens (tertiary/aromatic N) is 2. The van der Waals surface area contributed by atoms with Gasteiger partial charge in [-0.3, -0.25) is 14.6 Å². The summed E-state index contributed by atoms with van der Waals surface area (Å²) in [6.45, 7) is 8.34. The predicted molar refractivity (Wildman–Crippen MR) is 161 cm³/mol. The summed E-state index contributed by atoms with van der Waals surface area (Å²) in [5.74, 6) is -0.708. The maximum Gasteiger partial charge on any atom is 0.416 e. The summed E-state index contributed by atoms with van der Waals surface area (Å²) in [4.78, 5) is 30.7. The van der Waals surface area contributed by atoms with Crippen LogP contribution in [0.5, 0.6) is 0 Å². The van der Waals surface area contributed by atoms with Crippen LogP contribution in [-0.2, 0) is 11.0 Å². The van der Waals surface area contributed by atoms with Crippen LogP contribution in [0, 0.1) is 17.3 Å². The first-order valence-corrected chi connectivity index (χ1v) is 15.4. The van der Waals surface area contributed by atoms with E-state index in [0.717, 1.165) is 43.4 Å². The molecule has 3 N–H and O–H groups in total. The maximum atomic E-state index is 13.7. The Balaban J connectivity index is 1.53. The van der Waals surface area contributed by atoms with E-state index in [2.05, 4.69) is 31.0 Å². The van der Waals surface area contributed by atoms with Gasteiger partial charge in [0.1, 0.15) is 5.66 Å². The fourth-order valence-electron chi connectivity index (χ4n) is 7.16. The lowest BCUT2D eigenvalue weighted by atomic mass is 9.69. The molecule has 44 heavy (non-hydrogen) atoms. The first kappa shape index (κ1) is 32.2. The van der Waals surface area contributed by atoms with Gasteiger partial charge in [0.15, 0.2) is 5.72 Å². The molecule has 0 aromatic heterocycles. The van der Waals surface area contributed by atoms with Crippen molar-refractivity contribution in [3.63, 3.8) is 0 Å². The van der Waals surface area contributed by atoms with Crippen molar-refractivity contribution < 1.29 is 33.0 Å². The molecule has 0 radical (unpaired) electrons. The monoisotopic (exact) mass is 613 g/mol. The molecule has 238 valence electrons. The van der Waals surface area contributed by atoms with Crippen molar-refractivity contribution in [3.8, 4) is 0 Å². The van der Waals surface area contributed by atoms with E-state index in [0.29, 0.717) is 24.3 Å². The topological polar surface area (TPSA) is 102 Å². The number of carbonyl (C=O) groups excluding carboxylic acids is 1. The Kier molecular flexibility index (Phi) is 8.48. The fraction of sp³-hybridized carbons (Fsp3) is 0.559. The molecular weight excluding hydrogens is 571 g/mol. The number of aliphatic imine (C=N–C) groups is 1. The van der Waals surface area contributed by atoms with Crippen LogP contribution in [0.4, 0.5) is 13.2 Å². The third-order valence-corrected chi connectivity index (χ3v) is 9.65. The molecule has 1 amide bonds. The van der Waals surface area contributed by atoms with E-state index < -0.39 is 29.1 Å². The predicted octanol–water partition coefficient (Wildman–Crippen LogP) is 6.81. The summed E-state index contributed by atoms with van der Waals surface area (Å²) in [7, 11) is 0. The highest BCUT2D eigenvalue weighted by atomic mass is 19.4. The number of rotatable bonds is 8. The lowest BCUT2D eigenvalue weighted by Crippen LogP contribution is -2.59. The molecule has 2 atom stereocenters. The molecule has 2 saturated carbocycles. The van der Waals surface area contributed by atoms with Crippen molar-refractivity contribution in [2.45, 2.75) is 96.2 Å². The highest BCUT2D eigenvalue weighted by Gasteiger charge is 2.60. The van der Waals surface area contributed by atoms with E-state index in [4.69, 9.17) is 10.1 Å². The summed E-state index contributed by atoms with van der Waals surface area (Å²) < 4.78 is 41.2. The van der Waals surface area contributed by atoms with Gasteiger partial charge in [-0.15, -0.1) is 0 Å². The fourth-order valence-corrected chi connectivity index (χ4v) is 7.16. The number of carboxylic acids is 1.